The van der Waals surface area contributed by atoms with E-state index in [1.165, 1.54) is 148 Å². The number of hydrogen-bond acceptors (Lipinski definition) is 8. The summed E-state index contributed by atoms with van der Waals surface area (Å²) in [5, 5.41) is 0. The van der Waals surface area contributed by atoms with E-state index in [4.69, 9.17) is 24.3 Å². The number of carbonyl (C=O) groups excluding carboxylic acids is 2. The Balaban J connectivity index is 3.81. The van der Waals surface area contributed by atoms with Crippen molar-refractivity contribution in [3.8, 4) is 0 Å². The zero-order valence-corrected chi connectivity index (χ0v) is 48.7. The van der Waals surface area contributed by atoms with Gasteiger partial charge in [-0.25, -0.2) is 4.57 Å². The van der Waals surface area contributed by atoms with Crippen LogP contribution in [-0.4, -0.2) is 49.3 Å². The van der Waals surface area contributed by atoms with Crippen LogP contribution in [0.3, 0.4) is 0 Å². The summed E-state index contributed by atoms with van der Waals surface area (Å²) < 4.78 is 33.0. The van der Waals surface area contributed by atoms with Crippen LogP contribution in [0.5, 0.6) is 0 Å². The van der Waals surface area contributed by atoms with Crippen LogP contribution in [-0.2, 0) is 32.7 Å². The molecule has 10 heteroatoms. The van der Waals surface area contributed by atoms with Crippen LogP contribution in [0.2, 0.25) is 0 Å². The smallest absolute Gasteiger partial charge is 0.462 e. The molecule has 0 aliphatic heterocycles. The first-order valence-corrected chi connectivity index (χ1v) is 32.1. The minimum absolute atomic E-state index is 0.0516. The maximum atomic E-state index is 12.7. The Morgan fingerprint density at radius 2 is 0.743 bits per heavy atom. The highest BCUT2D eigenvalue weighted by Gasteiger charge is 2.26. The van der Waals surface area contributed by atoms with Crippen LogP contribution < -0.4 is 5.73 Å². The molecular formula is C64H114NO8P. The minimum Gasteiger partial charge on any atom is -0.462 e. The first-order valence-electron chi connectivity index (χ1n) is 30.6. The fraction of sp³-hybridized carbons (Fsp3) is 0.750. The van der Waals surface area contributed by atoms with Crippen molar-refractivity contribution in [3.05, 3.63) is 85.1 Å². The van der Waals surface area contributed by atoms with Crippen LogP contribution in [0.15, 0.2) is 85.1 Å². The molecule has 0 heterocycles. The van der Waals surface area contributed by atoms with Crippen molar-refractivity contribution in [3.63, 3.8) is 0 Å². The molecule has 2 unspecified atom stereocenters. The van der Waals surface area contributed by atoms with Crippen molar-refractivity contribution in [2.45, 2.75) is 283 Å². The fourth-order valence-electron chi connectivity index (χ4n) is 8.52. The van der Waals surface area contributed by atoms with Crippen LogP contribution in [0, 0.1) is 0 Å². The summed E-state index contributed by atoms with van der Waals surface area (Å²) in [6, 6.07) is 0. The monoisotopic (exact) mass is 1060 g/mol. The van der Waals surface area contributed by atoms with Gasteiger partial charge < -0.3 is 20.1 Å². The lowest BCUT2D eigenvalue weighted by atomic mass is 10.0. The van der Waals surface area contributed by atoms with Gasteiger partial charge in [0.25, 0.3) is 0 Å². The number of esters is 2. The van der Waals surface area contributed by atoms with E-state index in [9.17, 15) is 19.0 Å². The highest BCUT2D eigenvalue weighted by Crippen LogP contribution is 2.43. The van der Waals surface area contributed by atoms with Crippen LogP contribution in [0.1, 0.15) is 277 Å². The first kappa shape index (κ1) is 71.2. The van der Waals surface area contributed by atoms with Gasteiger partial charge in [-0.1, -0.05) is 259 Å². The SMILES string of the molecule is CC/C=C\C/C=C\C/C=C\C/C=C\C/C=C\C/C=C\CCCCCCCCCCCCCCCCCCCCCCC(=O)OC(COC(=O)CCCCCCC/C=C\CCCCCCC)COP(=O)(O)OCCN. The third-order valence-electron chi connectivity index (χ3n) is 13.0. The van der Waals surface area contributed by atoms with Gasteiger partial charge in [-0.3, -0.25) is 18.6 Å². The van der Waals surface area contributed by atoms with Gasteiger partial charge in [-0.05, 0) is 89.9 Å². The van der Waals surface area contributed by atoms with Gasteiger partial charge in [0.1, 0.15) is 6.61 Å². The average molecular weight is 1060 g/mol. The summed E-state index contributed by atoms with van der Waals surface area (Å²) in [6.07, 6.45) is 78.1. The van der Waals surface area contributed by atoms with Crippen molar-refractivity contribution in [1.29, 1.82) is 0 Å². The topological polar surface area (TPSA) is 134 Å². The zero-order valence-electron chi connectivity index (χ0n) is 47.8. The second kappa shape index (κ2) is 59.4. The molecule has 0 aliphatic carbocycles. The molecule has 0 saturated heterocycles. The molecule has 0 aromatic rings. The number of phosphoric ester groups is 1. The number of carbonyl (C=O) groups is 2. The molecule has 428 valence electrons. The molecule has 0 aliphatic rings. The van der Waals surface area contributed by atoms with Crippen molar-refractivity contribution < 1.29 is 37.6 Å². The lowest BCUT2D eigenvalue weighted by Gasteiger charge is -2.19. The predicted molar refractivity (Wildman–Crippen MR) is 316 cm³/mol. The molecule has 3 N–H and O–H groups in total. The summed E-state index contributed by atoms with van der Waals surface area (Å²) in [7, 11) is -4.39. The zero-order chi connectivity index (χ0) is 53.8. The molecule has 2 atom stereocenters. The number of nitrogens with two attached hydrogens (primary N) is 1. The van der Waals surface area contributed by atoms with E-state index in [2.05, 4.69) is 98.9 Å². The molecule has 0 spiro atoms. The summed E-state index contributed by atoms with van der Waals surface area (Å²) in [5.41, 5.74) is 5.38. The summed E-state index contributed by atoms with van der Waals surface area (Å²) in [6.45, 7) is 3.63. The first-order chi connectivity index (χ1) is 36.3. The summed E-state index contributed by atoms with van der Waals surface area (Å²) in [5.74, 6) is -0.830. The van der Waals surface area contributed by atoms with Gasteiger partial charge in [0.15, 0.2) is 6.10 Å². The fourth-order valence-corrected chi connectivity index (χ4v) is 9.28. The predicted octanol–water partition coefficient (Wildman–Crippen LogP) is 19.5. The molecule has 0 bridgehead atoms. The van der Waals surface area contributed by atoms with E-state index in [0.29, 0.717) is 6.42 Å². The Morgan fingerprint density at radius 1 is 0.419 bits per heavy atom. The second-order valence-corrected chi connectivity index (χ2v) is 21.6. The van der Waals surface area contributed by atoms with Gasteiger partial charge in [-0.2, -0.15) is 0 Å². The van der Waals surface area contributed by atoms with Crippen LogP contribution in [0.4, 0.5) is 0 Å². The average Bonchev–Trinajstić information content (AvgIpc) is 3.39. The molecule has 0 saturated carbocycles. The molecule has 0 rings (SSSR count). The molecule has 9 nitrogen and oxygen atoms in total. The molecule has 0 aromatic heterocycles. The number of phosphoric acid groups is 1. The number of rotatable bonds is 57. The Labute approximate surface area is 455 Å². The molecule has 0 amide bonds. The van der Waals surface area contributed by atoms with Crippen molar-refractivity contribution >= 4 is 19.8 Å². The Morgan fingerprint density at radius 3 is 1.12 bits per heavy atom. The summed E-state index contributed by atoms with van der Waals surface area (Å²) in [4.78, 5) is 35.1. The highest BCUT2D eigenvalue weighted by atomic mass is 31.2. The number of unbranched alkanes of at least 4 members (excludes halogenated alkanes) is 30. The van der Waals surface area contributed by atoms with E-state index in [0.717, 1.165) is 96.3 Å². The third kappa shape index (κ3) is 58.5. The van der Waals surface area contributed by atoms with Crippen molar-refractivity contribution in [2.24, 2.45) is 5.73 Å². The van der Waals surface area contributed by atoms with Crippen LogP contribution >= 0.6 is 7.82 Å². The standard InChI is InChI=1S/C64H114NO8P/c1-3-5-7-9-11-13-15-17-19-20-21-22-23-24-25-26-27-28-29-30-31-32-33-34-35-36-37-38-39-40-41-42-43-45-47-49-51-53-55-57-64(67)73-62(61-72-74(68,69)71-59-58-65)60-70-63(66)56-54-52-50-48-46-44-18-16-14-12-10-8-6-4-2/h5,7,11,13,16-19,21-22,24-25,27-28,62H,3-4,6,8-10,12,14-15,20,23,26,29-61,65H2,1-2H3,(H,68,69)/b7-5-,13-11-,18-16-,19-17-,22-21-,25-24-,28-27-. The maximum absolute atomic E-state index is 12.7. The van der Waals surface area contributed by atoms with E-state index in [1.54, 1.807) is 0 Å². The quantitative estimate of drug-likeness (QED) is 0.0264. The molecule has 0 fully saturated rings. The second-order valence-electron chi connectivity index (χ2n) is 20.2. The minimum atomic E-state index is -4.39. The number of hydrogen-bond donors (Lipinski definition) is 2. The van der Waals surface area contributed by atoms with Gasteiger partial charge in [0, 0.05) is 19.4 Å². The van der Waals surface area contributed by atoms with Gasteiger partial charge in [-0.15, -0.1) is 0 Å². The third-order valence-corrected chi connectivity index (χ3v) is 14.0. The Bertz CT molecular complexity index is 1480. The lowest BCUT2D eigenvalue weighted by Crippen LogP contribution is -2.29. The van der Waals surface area contributed by atoms with Gasteiger partial charge in [0.05, 0.1) is 13.2 Å². The number of ether oxygens (including phenoxy) is 2. The van der Waals surface area contributed by atoms with E-state index in [-0.39, 0.29) is 38.6 Å². The normalized spacial score (nSPS) is 13.6. The molecule has 0 aromatic carbocycles. The van der Waals surface area contributed by atoms with Crippen molar-refractivity contribution in [2.75, 3.05) is 26.4 Å². The number of allylic oxidation sites excluding steroid dienone is 14. The van der Waals surface area contributed by atoms with E-state index >= 15 is 0 Å². The van der Waals surface area contributed by atoms with E-state index in [1.807, 2.05) is 0 Å². The largest absolute Gasteiger partial charge is 0.472 e. The molecular weight excluding hydrogens is 942 g/mol. The van der Waals surface area contributed by atoms with Crippen molar-refractivity contribution in [1.82, 2.24) is 0 Å². The van der Waals surface area contributed by atoms with Gasteiger partial charge in [0.2, 0.25) is 0 Å². The highest BCUT2D eigenvalue weighted by molar-refractivity contribution is 7.47. The van der Waals surface area contributed by atoms with Crippen LogP contribution in [0.25, 0.3) is 0 Å². The molecule has 74 heavy (non-hydrogen) atoms. The Kier molecular flexibility index (Phi) is 57.2. The van der Waals surface area contributed by atoms with E-state index < -0.39 is 26.5 Å². The summed E-state index contributed by atoms with van der Waals surface area (Å²) >= 11 is 0. The Hall–Kier alpha value is -2.81. The van der Waals surface area contributed by atoms with Gasteiger partial charge >= 0.3 is 19.8 Å². The maximum Gasteiger partial charge on any atom is 0.472 e. The molecule has 0 radical (unpaired) electrons. The lowest BCUT2D eigenvalue weighted by molar-refractivity contribution is -0.161.